The maximum Gasteiger partial charge on any atom is 0.363 e. The molecule has 1 aliphatic heterocycles. The quantitative estimate of drug-likeness (QED) is 0.547. The van der Waals surface area contributed by atoms with E-state index in [2.05, 4.69) is 5.32 Å². The number of benzene rings is 1. The molecule has 138 valence electrons. The Morgan fingerprint density at radius 1 is 1.08 bits per heavy atom. The Morgan fingerprint density at radius 2 is 1.73 bits per heavy atom. The molecule has 0 atom stereocenters. The van der Waals surface area contributed by atoms with Crippen LogP contribution in [0.2, 0.25) is 0 Å². The SMILES string of the molecule is O=C(CCl)Cc1cc(C(=O)ON2C(=O)CCC2=O)ccc1NC(=O)CCl. The molecular formula is C16H14Cl2N2O6. The highest BCUT2D eigenvalue weighted by molar-refractivity contribution is 6.29. The Kier molecular flexibility index (Phi) is 6.70. The summed E-state index contributed by atoms with van der Waals surface area (Å²) in [5.74, 6) is -3.50. The van der Waals surface area contributed by atoms with Crippen molar-refractivity contribution in [2.24, 2.45) is 0 Å². The van der Waals surface area contributed by atoms with E-state index in [0.29, 0.717) is 16.3 Å². The lowest BCUT2D eigenvalue weighted by molar-refractivity contribution is -0.172. The smallest absolute Gasteiger partial charge is 0.325 e. The summed E-state index contributed by atoms with van der Waals surface area (Å²) in [5.41, 5.74) is 0.611. The van der Waals surface area contributed by atoms with E-state index in [0.717, 1.165) is 0 Å². The first-order chi connectivity index (χ1) is 12.3. The first kappa shape index (κ1) is 19.9. The standard InChI is InChI=1S/C16H14Cl2N2O6/c17-7-11(21)6-10-5-9(1-2-12(10)19-13(22)8-18)16(25)26-20-14(23)3-4-15(20)24/h1-2,5H,3-4,6-8H2,(H,19,22). The van der Waals surface area contributed by atoms with Crippen LogP contribution in [0.4, 0.5) is 5.69 Å². The lowest BCUT2D eigenvalue weighted by Crippen LogP contribution is -2.32. The number of hydroxylamine groups is 2. The second-order valence-corrected chi connectivity index (χ2v) is 5.90. The van der Waals surface area contributed by atoms with Gasteiger partial charge >= 0.3 is 5.97 Å². The lowest BCUT2D eigenvalue weighted by atomic mass is 10.0. The summed E-state index contributed by atoms with van der Waals surface area (Å²) in [5, 5.41) is 2.93. The number of amides is 3. The van der Waals surface area contributed by atoms with Gasteiger partial charge in [0.2, 0.25) is 5.91 Å². The van der Waals surface area contributed by atoms with Gasteiger partial charge in [0, 0.05) is 24.9 Å². The second kappa shape index (κ2) is 8.77. The summed E-state index contributed by atoms with van der Waals surface area (Å²) in [6.07, 6.45) is -0.180. The number of rotatable bonds is 7. The van der Waals surface area contributed by atoms with Crippen molar-refractivity contribution >= 4 is 58.4 Å². The number of anilines is 1. The van der Waals surface area contributed by atoms with Crippen LogP contribution in [-0.4, -0.2) is 46.3 Å². The molecule has 0 saturated carbocycles. The van der Waals surface area contributed by atoms with Gasteiger partial charge in [-0.15, -0.1) is 28.3 Å². The van der Waals surface area contributed by atoms with Gasteiger partial charge in [-0.05, 0) is 23.8 Å². The maximum atomic E-state index is 12.2. The zero-order chi connectivity index (χ0) is 19.3. The molecule has 3 amide bonds. The number of nitrogens with one attached hydrogen (secondary N) is 1. The predicted molar refractivity (Wildman–Crippen MR) is 91.7 cm³/mol. The van der Waals surface area contributed by atoms with E-state index in [1.54, 1.807) is 0 Å². The highest BCUT2D eigenvalue weighted by atomic mass is 35.5. The molecule has 0 bridgehead atoms. The van der Waals surface area contributed by atoms with Crippen LogP contribution >= 0.6 is 23.2 Å². The molecule has 0 unspecified atom stereocenters. The highest BCUT2D eigenvalue weighted by Crippen LogP contribution is 2.21. The molecule has 1 saturated heterocycles. The number of carbonyl (C=O) groups excluding carboxylic acids is 5. The Bertz CT molecular complexity index is 764. The number of imide groups is 1. The van der Waals surface area contributed by atoms with E-state index >= 15 is 0 Å². The monoisotopic (exact) mass is 400 g/mol. The fourth-order valence-electron chi connectivity index (χ4n) is 2.23. The number of alkyl halides is 2. The number of carbonyl (C=O) groups is 5. The first-order valence-corrected chi connectivity index (χ1v) is 8.57. The zero-order valence-electron chi connectivity index (χ0n) is 13.4. The summed E-state index contributed by atoms with van der Waals surface area (Å²) >= 11 is 11.0. The van der Waals surface area contributed by atoms with E-state index in [-0.39, 0.29) is 42.4 Å². The molecule has 26 heavy (non-hydrogen) atoms. The summed E-state index contributed by atoms with van der Waals surface area (Å²) in [6, 6.07) is 4.04. The van der Waals surface area contributed by atoms with Crippen molar-refractivity contribution in [3.05, 3.63) is 29.3 Å². The van der Waals surface area contributed by atoms with Crippen molar-refractivity contribution in [3.8, 4) is 0 Å². The van der Waals surface area contributed by atoms with Crippen molar-refractivity contribution in [2.75, 3.05) is 17.1 Å². The molecule has 10 heteroatoms. The van der Waals surface area contributed by atoms with Gasteiger partial charge < -0.3 is 10.2 Å². The molecule has 0 spiro atoms. The largest absolute Gasteiger partial charge is 0.363 e. The van der Waals surface area contributed by atoms with Crippen molar-refractivity contribution in [1.29, 1.82) is 0 Å². The van der Waals surface area contributed by atoms with Crippen LogP contribution in [0.25, 0.3) is 0 Å². The van der Waals surface area contributed by atoms with Gasteiger partial charge in [-0.1, -0.05) is 0 Å². The highest BCUT2D eigenvalue weighted by Gasteiger charge is 2.33. The zero-order valence-corrected chi connectivity index (χ0v) is 14.9. The van der Waals surface area contributed by atoms with Gasteiger partial charge in [0.25, 0.3) is 11.8 Å². The third kappa shape index (κ3) is 4.80. The second-order valence-electron chi connectivity index (χ2n) is 5.36. The van der Waals surface area contributed by atoms with Crippen LogP contribution in [0, 0.1) is 0 Å². The van der Waals surface area contributed by atoms with Gasteiger partial charge in [0.05, 0.1) is 11.4 Å². The minimum absolute atomic E-state index is 0.00116. The number of ketones is 1. The van der Waals surface area contributed by atoms with E-state index < -0.39 is 23.7 Å². The molecule has 0 aromatic heterocycles. The topological polar surface area (TPSA) is 110 Å². The fourth-order valence-corrected chi connectivity index (χ4v) is 2.39. The van der Waals surface area contributed by atoms with E-state index in [1.165, 1.54) is 18.2 Å². The van der Waals surface area contributed by atoms with Crippen LogP contribution in [0.1, 0.15) is 28.8 Å². The van der Waals surface area contributed by atoms with Crippen LogP contribution in [0.5, 0.6) is 0 Å². The Balaban J connectivity index is 2.25. The maximum absolute atomic E-state index is 12.2. The first-order valence-electron chi connectivity index (χ1n) is 7.50. The summed E-state index contributed by atoms with van der Waals surface area (Å²) < 4.78 is 0. The van der Waals surface area contributed by atoms with Crippen LogP contribution < -0.4 is 5.32 Å². The molecule has 1 aliphatic rings. The minimum Gasteiger partial charge on any atom is -0.325 e. The van der Waals surface area contributed by atoms with Crippen molar-refractivity contribution in [3.63, 3.8) is 0 Å². The summed E-state index contributed by atoms with van der Waals surface area (Å²) in [6.45, 7) is 0. The number of nitrogens with zero attached hydrogens (tertiary/aromatic N) is 1. The number of hydrogen-bond donors (Lipinski definition) is 1. The number of Topliss-reactive ketones (excluding diaryl/α,β-unsaturated/α-hetero) is 1. The Hall–Kier alpha value is -2.45. The van der Waals surface area contributed by atoms with E-state index in [1.807, 2.05) is 0 Å². The Labute approximate surface area is 158 Å². The van der Waals surface area contributed by atoms with Crippen molar-refractivity contribution in [1.82, 2.24) is 5.06 Å². The molecule has 1 fully saturated rings. The van der Waals surface area contributed by atoms with Crippen LogP contribution in [0.15, 0.2) is 18.2 Å². The van der Waals surface area contributed by atoms with Crippen molar-refractivity contribution < 1.29 is 28.8 Å². The van der Waals surface area contributed by atoms with Gasteiger partial charge in [-0.25, -0.2) is 4.79 Å². The van der Waals surface area contributed by atoms with Gasteiger partial charge in [0.1, 0.15) is 5.88 Å². The van der Waals surface area contributed by atoms with Crippen molar-refractivity contribution in [2.45, 2.75) is 19.3 Å². The van der Waals surface area contributed by atoms with Crippen LogP contribution in [-0.2, 0) is 30.4 Å². The molecule has 0 radical (unpaired) electrons. The van der Waals surface area contributed by atoms with E-state index in [4.69, 9.17) is 28.0 Å². The van der Waals surface area contributed by atoms with Gasteiger partial charge in [-0.3, -0.25) is 19.2 Å². The number of hydrogen-bond acceptors (Lipinski definition) is 6. The fraction of sp³-hybridized carbons (Fsp3) is 0.312. The van der Waals surface area contributed by atoms with E-state index in [9.17, 15) is 24.0 Å². The molecule has 1 N–H and O–H groups in total. The Morgan fingerprint density at radius 3 is 2.31 bits per heavy atom. The lowest BCUT2D eigenvalue weighted by Gasteiger charge is -2.14. The average molecular weight is 401 g/mol. The predicted octanol–water partition coefficient (Wildman–Crippen LogP) is 1.44. The molecule has 0 aliphatic carbocycles. The third-order valence-electron chi connectivity index (χ3n) is 3.45. The molecule has 1 aromatic carbocycles. The molecule has 1 heterocycles. The molecular weight excluding hydrogens is 387 g/mol. The summed E-state index contributed by atoms with van der Waals surface area (Å²) in [4.78, 5) is 63.2. The van der Waals surface area contributed by atoms with Gasteiger partial charge in [-0.2, -0.15) is 0 Å². The van der Waals surface area contributed by atoms with Crippen LogP contribution in [0.3, 0.4) is 0 Å². The number of halogens is 2. The summed E-state index contributed by atoms with van der Waals surface area (Å²) in [7, 11) is 0. The average Bonchev–Trinajstić information content (AvgIpc) is 2.94. The molecule has 1 aromatic rings. The van der Waals surface area contributed by atoms with Gasteiger partial charge in [0.15, 0.2) is 5.78 Å². The molecule has 8 nitrogen and oxygen atoms in total. The normalized spacial score (nSPS) is 13.7. The third-order valence-corrected chi connectivity index (χ3v) is 3.99. The molecule has 2 rings (SSSR count). The minimum atomic E-state index is -0.941.